The molecule has 0 aliphatic carbocycles. The van der Waals surface area contributed by atoms with Crippen molar-refractivity contribution < 1.29 is 4.79 Å². The molecule has 1 aromatic carbocycles. The summed E-state index contributed by atoms with van der Waals surface area (Å²) in [4.78, 5) is 15.4. The average Bonchev–Trinajstić information content (AvgIpc) is 2.66. The van der Waals surface area contributed by atoms with E-state index in [9.17, 15) is 4.79 Å². The van der Waals surface area contributed by atoms with Gasteiger partial charge in [-0.15, -0.1) is 11.3 Å². The molecule has 0 bridgehead atoms. The van der Waals surface area contributed by atoms with Crippen molar-refractivity contribution in [3.8, 4) is 10.6 Å². The molecule has 0 atom stereocenters. The number of hydrogen-bond acceptors (Lipinski definition) is 3. The Morgan fingerprint density at radius 3 is 2.87 bits per heavy atom. The Morgan fingerprint density at radius 2 is 2.27 bits per heavy atom. The molecule has 0 aliphatic rings. The van der Waals surface area contributed by atoms with Crippen molar-refractivity contribution in [1.82, 2.24) is 4.98 Å². The molecular weight excluding hydrogens is 232 g/mol. The van der Waals surface area contributed by atoms with Crippen LogP contribution in [0.4, 0.5) is 0 Å². The van der Waals surface area contributed by atoms with Gasteiger partial charge in [0.05, 0.1) is 6.20 Å². The summed E-state index contributed by atoms with van der Waals surface area (Å²) < 4.78 is 0. The summed E-state index contributed by atoms with van der Waals surface area (Å²) in [5, 5.41) is 1.38. The summed E-state index contributed by atoms with van der Waals surface area (Å²) in [7, 11) is 0. The van der Waals surface area contributed by atoms with E-state index in [0.29, 0.717) is 9.90 Å². The van der Waals surface area contributed by atoms with Crippen molar-refractivity contribution in [2.24, 2.45) is 5.73 Å². The van der Waals surface area contributed by atoms with Crippen LogP contribution in [-0.4, -0.2) is 10.9 Å². The highest BCUT2D eigenvalue weighted by molar-refractivity contribution is 7.16. The van der Waals surface area contributed by atoms with Crippen molar-refractivity contribution in [2.75, 3.05) is 0 Å². The van der Waals surface area contributed by atoms with Gasteiger partial charge in [0, 0.05) is 10.6 Å². The molecule has 1 aromatic heterocycles. The Kier molecular flexibility index (Phi) is 2.70. The van der Waals surface area contributed by atoms with Crippen LogP contribution in [0.1, 0.15) is 9.67 Å². The minimum absolute atomic E-state index is 0.449. The van der Waals surface area contributed by atoms with Crippen LogP contribution in [0.15, 0.2) is 30.5 Å². The van der Waals surface area contributed by atoms with E-state index in [-0.39, 0.29) is 0 Å². The van der Waals surface area contributed by atoms with Gasteiger partial charge in [-0.1, -0.05) is 23.7 Å². The predicted octanol–water partition coefficient (Wildman–Crippen LogP) is 2.56. The molecule has 3 nitrogen and oxygen atoms in total. The second kappa shape index (κ2) is 4.00. The third kappa shape index (κ3) is 2.16. The molecule has 0 spiro atoms. The molecule has 15 heavy (non-hydrogen) atoms. The molecule has 1 amide bonds. The topological polar surface area (TPSA) is 56.0 Å². The van der Waals surface area contributed by atoms with Gasteiger partial charge in [-0.2, -0.15) is 0 Å². The van der Waals surface area contributed by atoms with Crippen molar-refractivity contribution in [1.29, 1.82) is 0 Å². The Morgan fingerprint density at radius 1 is 1.47 bits per heavy atom. The molecule has 0 unspecified atom stereocenters. The number of benzene rings is 1. The standard InChI is InChI=1S/C10H7ClN2OS/c11-7-3-1-2-6(4-7)10-13-5-8(15-10)9(12)14/h1-5H,(H2,12,14). The summed E-state index contributed by atoms with van der Waals surface area (Å²) >= 11 is 7.11. The Labute approximate surface area is 95.5 Å². The highest BCUT2D eigenvalue weighted by Gasteiger charge is 2.08. The van der Waals surface area contributed by atoms with Crippen LogP contribution in [0, 0.1) is 0 Å². The molecule has 0 saturated carbocycles. The fraction of sp³-hybridized carbons (Fsp3) is 0. The van der Waals surface area contributed by atoms with Crippen LogP contribution in [0.3, 0.4) is 0 Å². The highest BCUT2D eigenvalue weighted by atomic mass is 35.5. The van der Waals surface area contributed by atoms with E-state index < -0.39 is 5.91 Å². The molecule has 2 aromatic rings. The molecule has 0 saturated heterocycles. The Bertz CT molecular complexity index is 510. The SMILES string of the molecule is NC(=O)c1cnc(-c2cccc(Cl)c2)s1. The van der Waals surface area contributed by atoms with E-state index in [1.165, 1.54) is 17.5 Å². The molecule has 2 N–H and O–H groups in total. The molecule has 1 heterocycles. The first-order valence-electron chi connectivity index (χ1n) is 4.18. The molecule has 0 fully saturated rings. The minimum atomic E-state index is -0.458. The van der Waals surface area contributed by atoms with E-state index in [1.807, 2.05) is 12.1 Å². The van der Waals surface area contributed by atoms with Gasteiger partial charge in [-0.3, -0.25) is 4.79 Å². The number of aromatic nitrogens is 1. The minimum Gasteiger partial charge on any atom is -0.365 e. The number of carbonyl (C=O) groups excluding carboxylic acids is 1. The van der Waals surface area contributed by atoms with E-state index in [0.717, 1.165) is 10.6 Å². The van der Waals surface area contributed by atoms with Gasteiger partial charge in [0.1, 0.15) is 9.88 Å². The Hall–Kier alpha value is -1.39. The second-order valence-corrected chi connectivity index (χ2v) is 4.37. The predicted molar refractivity (Wildman–Crippen MR) is 61.1 cm³/mol. The van der Waals surface area contributed by atoms with E-state index in [1.54, 1.807) is 12.1 Å². The van der Waals surface area contributed by atoms with Crippen molar-refractivity contribution in [3.05, 3.63) is 40.4 Å². The number of primary amides is 1. The lowest BCUT2D eigenvalue weighted by Crippen LogP contribution is -2.08. The number of rotatable bonds is 2. The van der Waals surface area contributed by atoms with Gasteiger partial charge >= 0.3 is 0 Å². The van der Waals surface area contributed by atoms with Crippen molar-refractivity contribution >= 4 is 28.8 Å². The average molecular weight is 239 g/mol. The van der Waals surface area contributed by atoms with Crippen LogP contribution in [-0.2, 0) is 0 Å². The van der Waals surface area contributed by atoms with Crippen LogP contribution in [0.5, 0.6) is 0 Å². The summed E-state index contributed by atoms with van der Waals surface area (Å²) in [6.45, 7) is 0. The maximum Gasteiger partial charge on any atom is 0.260 e. The summed E-state index contributed by atoms with van der Waals surface area (Å²) in [5.41, 5.74) is 6.03. The number of nitrogens with two attached hydrogens (primary N) is 1. The van der Waals surface area contributed by atoms with Crippen LogP contribution < -0.4 is 5.73 Å². The zero-order valence-electron chi connectivity index (χ0n) is 7.61. The fourth-order valence-electron chi connectivity index (χ4n) is 1.14. The van der Waals surface area contributed by atoms with Gasteiger partial charge in [0.2, 0.25) is 0 Å². The first kappa shape index (κ1) is 10.1. The van der Waals surface area contributed by atoms with Crippen LogP contribution >= 0.6 is 22.9 Å². The van der Waals surface area contributed by atoms with Gasteiger partial charge in [0.25, 0.3) is 5.91 Å². The fourth-order valence-corrected chi connectivity index (χ4v) is 2.10. The molecule has 76 valence electrons. The second-order valence-electron chi connectivity index (χ2n) is 2.90. The van der Waals surface area contributed by atoms with Crippen molar-refractivity contribution in [3.63, 3.8) is 0 Å². The molecule has 0 radical (unpaired) electrons. The Balaban J connectivity index is 2.41. The van der Waals surface area contributed by atoms with E-state index >= 15 is 0 Å². The maximum atomic E-state index is 10.9. The van der Waals surface area contributed by atoms with E-state index in [4.69, 9.17) is 17.3 Å². The third-order valence-electron chi connectivity index (χ3n) is 1.82. The summed E-state index contributed by atoms with van der Waals surface area (Å²) in [5.74, 6) is -0.458. The summed E-state index contributed by atoms with van der Waals surface area (Å²) in [6.07, 6.45) is 1.48. The first-order chi connectivity index (χ1) is 7.16. The third-order valence-corrected chi connectivity index (χ3v) is 3.12. The van der Waals surface area contributed by atoms with Crippen LogP contribution in [0.25, 0.3) is 10.6 Å². The molecule has 2 rings (SSSR count). The smallest absolute Gasteiger partial charge is 0.260 e. The molecule has 0 aliphatic heterocycles. The number of thiazole rings is 1. The first-order valence-corrected chi connectivity index (χ1v) is 5.38. The monoisotopic (exact) mass is 238 g/mol. The quantitative estimate of drug-likeness (QED) is 0.874. The zero-order chi connectivity index (χ0) is 10.8. The number of nitrogens with zero attached hydrogens (tertiary/aromatic N) is 1. The lowest BCUT2D eigenvalue weighted by Gasteiger charge is -1.95. The number of carbonyl (C=O) groups is 1. The number of halogens is 1. The lowest BCUT2D eigenvalue weighted by atomic mass is 10.2. The number of amides is 1. The molecular formula is C10H7ClN2OS. The lowest BCUT2D eigenvalue weighted by molar-refractivity contribution is 0.100. The van der Waals surface area contributed by atoms with Gasteiger partial charge in [-0.05, 0) is 12.1 Å². The van der Waals surface area contributed by atoms with Gasteiger partial charge < -0.3 is 5.73 Å². The number of hydrogen-bond donors (Lipinski definition) is 1. The zero-order valence-corrected chi connectivity index (χ0v) is 9.18. The largest absolute Gasteiger partial charge is 0.365 e. The van der Waals surface area contributed by atoms with Gasteiger partial charge in [0.15, 0.2) is 0 Å². The highest BCUT2D eigenvalue weighted by Crippen LogP contribution is 2.26. The molecule has 5 heteroatoms. The van der Waals surface area contributed by atoms with Crippen molar-refractivity contribution in [2.45, 2.75) is 0 Å². The maximum absolute atomic E-state index is 10.9. The van der Waals surface area contributed by atoms with E-state index in [2.05, 4.69) is 4.98 Å². The summed E-state index contributed by atoms with van der Waals surface area (Å²) in [6, 6.07) is 7.30. The van der Waals surface area contributed by atoms with Crippen LogP contribution in [0.2, 0.25) is 5.02 Å². The normalized spacial score (nSPS) is 10.2. The van der Waals surface area contributed by atoms with Gasteiger partial charge in [-0.25, -0.2) is 4.98 Å².